The first-order valence-corrected chi connectivity index (χ1v) is 5.42. The van der Waals surface area contributed by atoms with E-state index in [2.05, 4.69) is 36.4 Å². The molecule has 15 heavy (non-hydrogen) atoms. The second-order valence-electron chi connectivity index (χ2n) is 3.64. The zero-order valence-corrected chi connectivity index (χ0v) is 9.75. The van der Waals surface area contributed by atoms with Gasteiger partial charge in [0.05, 0.1) is 11.7 Å². The van der Waals surface area contributed by atoms with Gasteiger partial charge in [0, 0.05) is 25.4 Å². The summed E-state index contributed by atoms with van der Waals surface area (Å²) in [7, 11) is 1.95. The Hall–Kier alpha value is -1.27. The van der Waals surface area contributed by atoms with Crippen molar-refractivity contribution < 1.29 is 0 Å². The Morgan fingerprint density at radius 2 is 2.33 bits per heavy atom. The van der Waals surface area contributed by atoms with Crippen LogP contribution in [0.4, 0.5) is 0 Å². The molecule has 1 aromatic rings. The maximum Gasteiger partial charge on any atom is 0.0686 e. The molecular formula is C12H19N3. The molecule has 82 valence electrons. The van der Waals surface area contributed by atoms with Crippen LogP contribution < -0.4 is 5.32 Å². The molecule has 1 N–H and O–H groups in total. The van der Waals surface area contributed by atoms with Crippen molar-refractivity contribution >= 4 is 0 Å². The van der Waals surface area contributed by atoms with Gasteiger partial charge in [-0.25, -0.2) is 0 Å². The van der Waals surface area contributed by atoms with Gasteiger partial charge in [-0.3, -0.25) is 10.00 Å². The Morgan fingerprint density at radius 1 is 1.60 bits per heavy atom. The van der Waals surface area contributed by atoms with Crippen molar-refractivity contribution in [3.05, 3.63) is 17.5 Å². The van der Waals surface area contributed by atoms with Gasteiger partial charge >= 0.3 is 0 Å². The van der Waals surface area contributed by atoms with Gasteiger partial charge in [-0.2, -0.15) is 5.10 Å². The highest BCUT2D eigenvalue weighted by Gasteiger charge is 2.07. The Labute approximate surface area is 91.9 Å². The first-order chi connectivity index (χ1) is 7.21. The summed E-state index contributed by atoms with van der Waals surface area (Å²) in [4.78, 5) is 0. The lowest BCUT2D eigenvalue weighted by molar-refractivity contribution is 0.590. The number of hydrogen-bond acceptors (Lipinski definition) is 2. The molecule has 1 rings (SSSR count). The number of aryl methyl sites for hydroxylation is 2. The monoisotopic (exact) mass is 205 g/mol. The molecule has 0 saturated carbocycles. The van der Waals surface area contributed by atoms with E-state index in [1.165, 1.54) is 5.56 Å². The molecule has 3 heteroatoms. The van der Waals surface area contributed by atoms with E-state index >= 15 is 0 Å². The third kappa shape index (κ3) is 3.10. The molecular weight excluding hydrogens is 186 g/mol. The van der Waals surface area contributed by atoms with Crippen LogP contribution in [0.1, 0.15) is 31.5 Å². The molecule has 0 amide bonds. The summed E-state index contributed by atoms with van der Waals surface area (Å²) in [5.74, 6) is 2.73. The minimum atomic E-state index is 0.162. The third-order valence-electron chi connectivity index (χ3n) is 2.48. The van der Waals surface area contributed by atoms with Crippen LogP contribution in [-0.4, -0.2) is 15.8 Å². The Morgan fingerprint density at radius 3 is 2.87 bits per heavy atom. The molecule has 1 aromatic heterocycles. The molecule has 3 nitrogen and oxygen atoms in total. The SMILES string of the molecule is C#CC(CC)NCc1cn(C)nc1CC. The van der Waals surface area contributed by atoms with Gasteiger partial charge in [-0.1, -0.05) is 19.8 Å². The largest absolute Gasteiger partial charge is 0.299 e. The number of aromatic nitrogens is 2. The van der Waals surface area contributed by atoms with Crippen LogP contribution in [0, 0.1) is 12.3 Å². The van der Waals surface area contributed by atoms with E-state index in [1.807, 2.05) is 11.7 Å². The average molecular weight is 205 g/mol. The molecule has 0 saturated heterocycles. The second kappa shape index (κ2) is 5.57. The number of terminal acetylenes is 1. The lowest BCUT2D eigenvalue weighted by Gasteiger charge is -2.09. The summed E-state index contributed by atoms with van der Waals surface area (Å²) < 4.78 is 1.85. The lowest BCUT2D eigenvalue weighted by atomic mass is 10.2. The van der Waals surface area contributed by atoms with Crippen LogP contribution in [0.5, 0.6) is 0 Å². The predicted molar refractivity (Wildman–Crippen MR) is 62.3 cm³/mol. The van der Waals surface area contributed by atoms with Crippen molar-refractivity contribution in [2.45, 2.75) is 39.3 Å². The molecule has 0 radical (unpaired) electrons. The Bertz CT molecular complexity index is 346. The van der Waals surface area contributed by atoms with Gasteiger partial charge in [0.15, 0.2) is 0 Å². The molecule has 0 aromatic carbocycles. The molecule has 0 fully saturated rings. The summed E-state index contributed by atoms with van der Waals surface area (Å²) in [6.45, 7) is 5.01. The zero-order valence-electron chi connectivity index (χ0n) is 9.75. The summed E-state index contributed by atoms with van der Waals surface area (Å²) >= 11 is 0. The van der Waals surface area contributed by atoms with Gasteiger partial charge < -0.3 is 0 Å². The fourth-order valence-corrected chi connectivity index (χ4v) is 1.58. The van der Waals surface area contributed by atoms with Crippen LogP contribution in [0.2, 0.25) is 0 Å². The average Bonchev–Trinajstić information content (AvgIpc) is 2.60. The molecule has 1 unspecified atom stereocenters. The van der Waals surface area contributed by atoms with Crippen LogP contribution in [0.15, 0.2) is 6.20 Å². The van der Waals surface area contributed by atoms with Crippen molar-refractivity contribution in [2.75, 3.05) is 0 Å². The van der Waals surface area contributed by atoms with Crippen molar-refractivity contribution in [3.63, 3.8) is 0 Å². The van der Waals surface area contributed by atoms with Crippen LogP contribution in [-0.2, 0) is 20.0 Å². The molecule has 0 spiro atoms. The van der Waals surface area contributed by atoms with E-state index in [4.69, 9.17) is 6.42 Å². The molecule has 0 bridgehead atoms. The number of hydrogen-bond donors (Lipinski definition) is 1. The minimum absolute atomic E-state index is 0.162. The highest BCUT2D eigenvalue weighted by Crippen LogP contribution is 2.07. The van der Waals surface area contributed by atoms with Gasteiger partial charge in [0.2, 0.25) is 0 Å². The van der Waals surface area contributed by atoms with Gasteiger partial charge in [0.25, 0.3) is 0 Å². The molecule has 0 aliphatic carbocycles. The van der Waals surface area contributed by atoms with Gasteiger partial charge in [0.1, 0.15) is 0 Å². The highest BCUT2D eigenvalue weighted by molar-refractivity contribution is 5.17. The van der Waals surface area contributed by atoms with E-state index in [9.17, 15) is 0 Å². The zero-order chi connectivity index (χ0) is 11.3. The van der Waals surface area contributed by atoms with Gasteiger partial charge in [-0.15, -0.1) is 6.42 Å². The molecule has 0 aliphatic rings. The van der Waals surface area contributed by atoms with Crippen LogP contribution in [0.3, 0.4) is 0 Å². The number of rotatable bonds is 5. The summed E-state index contributed by atoms with van der Waals surface area (Å²) in [6, 6.07) is 0.162. The summed E-state index contributed by atoms with van der Waals surface area (Å²) in [6.07, 6.45) is 9.36. The Balaban J connectivity index is 2.60. The summed E-state index contributed by atoms with van der Waals surface area (Å²) in [5, 5.41) is 7.72. The van der Waals surface area contributed by atoms with Gasteiger partial charge in [-0.05, 0) is 12.8 Å². The fourth-order valence-electron chi connectivity index (χ4n) is 1.58. The molecule has 1 heterocycles. The van der Waals surface area contributed by atoms with Crippen molar-refractivity contribution in [1.29, 1.82) is 0 Å². The normalized spacial score (nSPS) is 12.4. The van der Waals surface area contributed by atoms with Crippen molar-refractivity contribution in [1.82, 2.24) is 15.1 Å². The topological polar surface area (TPSA) is 29.9 Å². The second-order valence-corrected chi connectivity index (χ2v) is 3.64. The van der Waals surface area contributed by atoms with Crippen molar-refractivity contribution in [2.24, 2.45) is 7.05 Å². The van der Waals surface area contributed by atoms with Crippen LogP contribution in [0.25, 0.3) is 0 Å². The van der Waals surface area contributed by atoms with E-state index in [-0.39, 0.29) is 6.04 Å². The van der Waals surface area contributed by atoms with E-state index in [0.29, 0.717) is 0 Å². The van der Waals surface area contributed by atoms with Crippen molar-refractivity contribution in [3.8, 4) is 12.3 Å². The maximum atomic E-state index is 5.39. The number of nitrogens with zero attached hydrogens (tertiary/aromatic N) is 2. The minimum Gasteiger partial charge on any atom is -0.299 e. The van der Waals surface area contributed by atoms with E-state index < -0.39 is 0 Å². The molecule has 0 aliphatic heterocycles. The third-order valence-corrected chi connectivity index (χ3v) is 2.48. The Kier molecular flexibility index (Phi) is 4.38. The van der Waals surface area contributed by atoms with Crippen LogP contribution >= 0.6 is 0 Å². The highest BCUT2D eigenvalue weighted by atomic mass is 15.3. The fraction of sp³-hybridized carbons (Fsp3) is 0.583. The standard InChI is InChI=1S/C12H19N3/c1-5-11(6-2)13-8-10-9-15(4)14-12(10)7-3/h1,9,11,13H,6-8H2,2-4H3. The maximum absolute atomic E-state index is 5.39. The van der Waals surface area contributed by atoms with E-state index in [0.717, 1.165) is 25.1 Å². The summed E-state index contributed by atoms with van der Waals surface area (Å²) in [5.41, 5.74) is 2.39. The quantitative estimate of drug-likeness (QED) is 0.738. The first-order valence-electron chi connectivity index (χ1n) is 5.42. The first kappa shape index (κ1) is 11.8. The predicted octanol–water partition coefficient (Wildman–Crippen LogP) is 1.48. The van der Waals surface area contributed by atoms with E-state index in [1.54, 1.807) is 0 Å². The molecule has 1 atom stereocenters. The lowest BCUT2D eigenvalue weighted by Crippen LogP contribution is -2.26. The smallest absolute Gasteiger partial charge is 0.0686 e. The number of nitrogens with one attached hydrogen (secondary N) is 1.